The number of rotatable bonds is 10. The van der Waals surface area contributed by atoms with Crippen molar-refractivity contribution in [1.29, 1.82) is 5.26 Å². The molecule has 3 amide bonds. The van der Waals surface area contributed by atoms with Crippen molar-refractivity contribution in [3.05, 3.63) is 0 Å². The summed E-state index contributed by atoms with van der Waals surface area (Å²) in [5, 5.41) is 17.4. The summed E-state index contributed by atoms with van der Waals surface area (Å²) in [5.41, 5.74) is 0. The normalized spacial score (nSPS) is 19.0. The maximum Gasteiger partial charge on any atom is 0.246 e. The lowest BCUT2D eigenvalue weighted by molar-refractivity contribution is -0.133. The van der Waals surface area contributed by atoms with Gasteiger partial charge in [-0.25, -0.2) is 0 Å². The number of hydrogen-bond acceptors (Lipinski definition) is 5. The highest BCUT2D eigenvalue weighted by Crippen LogP contribution is 2.16. The monoisotopic (exact) mass is 366 g/mol. The van der Waals surface area contributed by atoms with E-state index >= 15 is 0 Å². The third-order valence-corrected chi connectivity index (χ3v) is 4.06. The second-order valence-electron chi connectivity index (χ2n) is 7.31. The van der Waals surface area contributed by atoms with E-state index in [9.17, 15) is 19.6 Å². The van der Waals surface area contributed by atoms with Crippen LogP contribution in [-0.4, -0.2) is 49.1 Å². The summed E-state index contributed by atoms with van der Waals surface area (Å²) >= 11 is 0. The van der Waals surface area contributed by atoms with Crippen molar-refractivity contribution in [2.24, 2.45) is 11.8 Å². The Balaban J connectivity index is 2.63. The molecule has 0 bridgehead atoms. The van der Waals surface area contributed by atoms with Crippen LogP contribution in [0.4, 0.5) is 0 Å². The van der Waals surface area contributed by atoms with Crippen LogP contribution in [0.1, 0.15) is 47.0 Å². The molecule has 0 aliphatic carbocycles. The summed E-state index contributed by atoms with van der Waals surface area (Å²) in [5.74, 6) is -0.960. The van der Waals surface area contributed by atoms with Gasteiger partial charge in [-0.2, -0.15) is 5.26 Å². The topological polar surface area (TPSA) is 120 Å². The Morgan fingerprint density at radius 2 is 2.00 bits per heavy atom. The molecule has 1 aliphatic heterocycles. The standard InChI is InChI=1S/C18H30N4O4/c1-11(2)7-15(22-16(23)10-26-12(3)4)18(25)21-14(9-19)8-13-5-6-20-17(13)24/h11-15H,5-8,10H2,1-4H3,(H,20,24)(H,21,25)(H,22,23)/t13-,14-,15-/m0/s1. The molecule has 0 aromatic rings. The SMILES string of the molecule is CC(C)C[C@H](NC(=O)COC(C)C)C(=O)N[C@H](C#N)C[C@@H]1CCNC1=O. The Labute approximate surface area is 155 Å². The maximum absolute atomic E-state index is 12.6. The van der Waals surface area contributed by atoms with Gasteiger partial charge in [0, 0.05) is 12.5 Å². The van der Waals surface area contributed by atoms with Crippen molar-refractivity contribution in [3.8, 4) is 6.07 Å². The molecule has 8 heteroatoms. The van der Waals surface area contributed by atoms with Crippen LogP contribution in [0.5, 0.6) is 0 Å². The van der Waals surface area contributed by atoms with E-state index in [0.29, 0.717) is 19.4 Å². The highest BCUT2D eigenvalue weighted by atomic mass is 16.5. The average molecular weight is 366 g/mol. The first-order chi connectivity index (χ1) is 12.2. The van der Waals surface area contributed by atoms with Gasteiger partial charge < -0.3 is 20.7 Å². The van der Waals surface area contributed by atoms with Crippen molar-refractivity contribution in [1.82, 2.24) is 16.0 Å². The summed E-state index contributed by atoms with van der Waals surface area (Å²) < 4.78 is 5.25. The Bertz CT molecular complexity index is 542. The second-order valence-corrected chi connectivity index (χ2v) is 7.31. The minimum Gasteiger partial charge on any atom is -0.369 e. The van der Waals surface area contributed by atoms with Crippen LogP contribution in [0, 0.1) is 23.2 Å². The zero-order chi connectivity index (χ0) is 19.7. The summed E-state index contributed by atoms with van der Waals surface area (Å²) in [6.07, 6.45) is 1.29. The van der Waals surface area contributed by atoms with Crippen LogP contribution in [0.3, 0.4) is 0 Å². The van der Waals surface area contributed by atoms with E-state index in [1.54, 1.807) is 0 Å². The molecule has 1 fully saturated rings. The van der Waals surface area contributed by atoms with Gasteiger partial charge in [-0.1, -0.05) is 13.8 Å². The van der Waals surface area contributed by atoms with Crippen molar-refractivity contribution in [2.75, 3.05) is 13.2 Å². The van der Waals surface area contributed by atoms with Crippen LogP contribution in [0.2, 0.25) is 0 Å². The van der Waals surface area contributed by atoms with Gasteiger partial charge in [-0.3, -0.25) is 14.4 Å². The van der Waals surface area contributed by atoms with Crippen molar-refractivity contribution >= 4 is 17.7 Å². The first-order valence-corrected chi connectivity index (χ1v) is 9.11. The van der Waals surface area contributed by atoms with Crippen LogP contribution in [0.15, 0.2) is 0 Å². The molecule has 0 saturated carbocycles. The molecule has 8 nitrogen and oxygen atoms in total. The molecular formula is C18H30N4O4. The average Bonchev–Trinajstić information content (AvgIpc) is 2.96. The predicted octanol–water partition coefficient (Wildman–Crippen LogP) is 0.477. The van der Waals surface area contributed by atoms with Gasteiger partial charge >= 0.3 is 0 Å². The Kier molecular flexibility index (Phi) is 9.07. The number of amides is 3. The summed E-state index contributed by atoms with van der Waals surface area (Å²) in [4.78, 5) is 36.2. The fraction of sp³-hybridized carbons (Fsp3) is 0.778. The molecule has 0 radical (unpaired) electrons. The third kappa shape index (κ3) is 7.83. The van der Waals surface area contributed by atoms with Crippen molar-refractivity contribution < 1.29 is 19.1 Å². The molecule has 146 valence electrons. The molecule has 0 unspecified atom stereocenters. The molecule has 0 aromatic heterocycles. The van der Waals surface area contributed by atoms with E-state index in [-0.39, 0.29) is 42.8 Å². The summed E-state index contributed by atoms with van der Waals surface area (Å²) in [6, 6.07) is 0.520. The van der Waals surface area contributed by atoms with Gasteiger partial charge in [0.1, 0.15) is 18.7 Å². The number of nitrogens with one attached hydrogen (secondary N) is 3. The molecule has 1 aliphatic rings. The molecule has 26 heavy (non-hydrogen) atoms. The zero-order valence-electron chi connectivity index (χ0n) is 16.0. The highest BCUT2D eigenvalue weighted by molar-refractivity contribution is 5.88. The number of nitriles is 1. The van der Waals surface area contributed by atoms with Gasteiger partial charge in [-0.15, -0.1) is 0 Å². The van der Waals surface area contributed by atoms with Crippen LogP contribution < -0.4 is 16.0 Å². The fourth-order valence-corrected chi connectivity index (χ4v) is 2.75. The van der Waals surface area contributed by atoms with E-state index in [1.165, 1.54) is 0 Å². The van der Waals surface area contributed by atoms with Crippen molar-refractivity contribution in [3.63, 3.8) is 0 Å². The van der Waals surface area contributed by atoms with E-state index < -0.39 is 18.0 Å². The third-order valence-electron chi connectivity index (χ3n) is 4.06. The lowest BCUT2D eigenvalue weighted by atomic mass is 9.98. The van der Waals surface area contributed by atoms with Crippen molar-refractivity contribution in [2.45, 2.75) is 65.1 Å². The van der Waals surface area contributed by atoms with E-state index in [4.69, 9.17) is 4.74 Å². The number of nitrogens with zero attached hydrogens (tertiary/aromatic N) is 1. The Morgan fingerprint density at radius 3 is 2.50 bits per heavy atom. The number of hydrogen-bond donors (Lipinski definition) is 3. The number of carbonyl (C=O) groups is 3. The van der Waals surface area contributed by atoms with Gasteiger partial charge in [0.2, 0.25) is 17.7 Å². The Hall–Kier alpha value is -2.14. The first kappa shape index (κ1) is 21.9. The van der Waals surface area contributed by atoms with Crippen LogP contribution >= 0.6 is 0 Å². The highest BCUT2D eigenvalue weighted by Gasteiger charge is 2.30. The smallest absolute Gasteiger partial charge is 0.246 e. The zero-order valence-corrected chi connectivity index (χ0v) is 16.0. The molecular weight excluding hydrogens is 336 g/mol. The largest absolute Gasteiger partial charge is 0.369 e. The predicted molar refractivity (Wildman–Crippen MR) is 95.8 cm³/mol. The maximum atomic E-state index is 12.6. The van der Waals surface area contributed by atoms with Gasteiger partial charge in [0.25, 0.3) is 0 Å². The molecule has 3 atom stereocenters. The minimum absolute atomic E-state index is 0.0846. The molecule has 0 aromatic carbocycles. The summed E-state index contributed by atoms with van der Waals surface area (Å²) in [6.45, 7) is 8.01. The molecule has 1 saturated heterocycles. The first-order valence-electron chi connectivity index (χ1n) is 9.11. The molecule has 1 heterocycles. The van der Waals surface area contributed by atoms with Crippen LogP contribution in [0.25, 0.3) is 0 Å². The second kappa shape index (κ2) is 10.8. The minimum atomic E-state index is -0.769. The quantitative estimate of drug-likeness (QED) is 0.519. The van der Waals surface area contributed by atoms with Gasteiger partial charge in [0.15, 0.2) is 0 Å². The lowest BCUT2D eigenvalue weighted by Crippen LogP contribution is -2.51. The Morgan fingerprint density at radius 1 is 1.31 bits per heavy atom. The van der Waals surface area contributed by atoms with E-state index in [2.05, 4.69) is 16.0 Å². The van der Waals surface area contributed by atoms with E-state index in [0.717, 1.165) is 0 Å². The van der Waals surface area contributed by atoms with Gasteiger partial charge in [0.05, 0.1) is 12.2 Å². The molecule has 0 spiro atoms. The van der Waals surface area contributed by atoms with E-state index in [1.807, 2.05) is 33.8 Å². The number of ether oxygens (including phenoxy) is 1. The fourth-order valence-electron chi connectivity index (χ4n) is 2.75. The number of carbonyl (C=O) groups excluding carboxylic acids is 3. The summed E-state index contributed by atoms with van der Waals surface area (Å²) in [7, 11) is 0. The van der Waals surface area contributed by atoms with Gasteiger partial charge in [-0.05, 0) is 39.0 Å². The lowest BCUT2D eigenvalue weighted by Gasteiger charge is -2.22. The van der Waals surface area contributed by atoms with Crippen LogP contribution in [-0.2, 0) is 19.1 Å². The molecule has 1 rings (SSSR count). The molecule has 3 N–H and O–H groups in total.